The van der Waals surface area contributed by atoms with E-state index in [1.54, 1.807) is 0 Å². The maximum atomic E-state index is 11.9. The Labute approximate surface area is 112 Å². The van der Waals surface area contributed by atoms with Gasteiger partial charge >= 0.3 is 6.36 Å². The molecule has 3 N–H and O–H groups in total. The summed E-state index contributed by atoms with van der Waals surface area (Å²) in [5.41, 5.74) is 5.47. The number of hydrogen-bond acceptors (Lipinski definition) is 3. The molecule has 0 aliphatic heterocycles. The molecule has 0 aliphatic rings. The number of halogens is 3. The Morgan fingerprint density at radius 1 is 1.32 bits per heavy atom. The zero-order chi connectivity index (χ0) is 14.5. The topological polar surface area (TPSA) is 64.3 Å². The van der Waals surface area contributed by atoms with Gasteiger partial charge in [0.05, 0.1) is 4.99 Å². The minimum atomic E-state index is -4.75. The first-order chi connectivity index (χ1) is 8.78. The first-order valence-corrected chi connectivity index (χ1v) is 5.61. The molecule has 0 spiro atoms. The summed E-state index contributed by atoms with van der Waals surface area (Å²) in [7, 11) is 0. The van der Waals surface area contributed by atoms with Crippen molar-refractivity contribution in [1.29, 1.82) is 0 Å². The predicted octanol–water partition coefficient (Wildman–Crippen LogP) is 1.99. The van der Waals surface area contributed by atoms with Crippen molar-refractivity contribution in [2.75, 3.05) is 6.54 Å². The van der Waals surface area contributed by atoms with E-state index in [9.17, 15) is 18.0 Å². The minimum absolute atomic E-state index is 0.220. The van der Waals surface area contributed by atoms with Gasteiger partial charge in [0.1, 0.15) is 5.75 Å². The zero-order valence-electron chi connectivity index (χ0n) is 9.66. The van der Waals surface area contributed by atoms with E-state index in [2.05, 4.69) is 22.3 Å². The summed E-state index contributed by atoms with van der Waals surface area (Å²) in [6.45, 7) is 0.273. The molecule has 1 amide bonds. The molecule has 0 aliphatic carbocycles. The minimum Gasteiger partial charge on any atom is -0.406 e. The molecule has 19 heavy (non-hydrogen) atoms. The van der Waals surface area contributed by atoms with Crippen LogP contribution in [0.15, 0.2) is 24.3 Å². The van der Waals surface area contributed by atoms with Gasteiger partial charge in [-0.15, -0.1) is 13.2 Å². The van der Waals surface area contributed by atoms with Gasteiger partial charge in [0.15, 0.2) is 0 Å². The highest BCUT2D eigenvalue weighted by Gasteiger charge is 2.31. The van der Waals surface area contributed by atoms with Crippen molar-refractivity contribution in [2.24, 2.45) is 5.73 Å². The molecule has 0 bridgehead atoms. The molecule has 0 fully saturated rings. The maximum Gasteiger partial charge on any atom is 0.573 e. The van der Waals surface area contributed by atoms with Crippen LogP contribution in [0.1, 0.15) is 16.8 Å². The quantitative estimate of drug-likeness (QED) is 0.815. The van der Waals surface area contributed by atoms with Crippen LogP contribution in [-0.2, 0) is 0 Å². The number of thiocarbonyl (C=S) groups is 1. The summed E-state index contributed by atoms with van der Waals surface area (Å²) in [6.07, 6.45) is -4.39. The van der Waals surface area contributed by atoms with Crippen molar-refractivity contribution < 1.29 is 22.7 Å². The van der Waals surface area contributed by atoms with Gasteiger partial charge in [-0.05, 0) is 24.3 Å². The number of nitrogens with one attached hydrogen (secondary N) is 1. The molecule has 1 aromatic carbocycles. The van der Waals surface area contributed by atoms with Gasteiger partial charge in [-0.2, -0.15) is 0 Å². The summed E-state index contributed by atoms with van der Waals surface area (Å²) in [5, 5.41) is 2.53. The third-order valence-corrected chi connectivity index (χ3v) is 2.21. The zero-order valence-corrected chi connectivity index (χ0v) is 10.5. The van der Waals surface area contributed by atoms with Gasteiger partial charge in [0, 0.05) is 18.5 Å². The van der Waals surface area contributed by atoms with E-state index >= 15 is 0 Å². The van der Waals surface area contributed by atoms with Crippen molar-refractivity contribution in [2.45, 2.75) is 12.8 Å². The van der Waals surface area contributed by atoms with Gasteiger partial charge in [-0.3, -0.25) is 4.79 Å². The molecule has 0 saturated carbocycles. The second kappa shape index (κ2) is 6.37. The smallest absolute Gasteiger partial charge is 0.406 e. The predicted molar refractivity (Wildman–Crippen MR) is 66.9 cm³/mol. The van der Waals surface area contributed by atoms with Crippen molar-refractivity contribution in [1.82, 2.24) is 5.32 Å². The van der Waals surface area contributed by atoms with Crippen LogP contribution in [-0.4, -0.2) is 23.8 Å². The van der Waals surface area contributed by atoms with Crippen LogP contribution >= 0.6 is 12.2 Å². The van der Waals surface area contributed by atoms with Gasteiger partial charge in [0.25, 0.3) is 5.91 Å². The molecule has 1 rings (SSSR count). The molecule has 1 aromatic rings. The molecule has 0 atom stereocenters. The van der Waals surface area contributed by atoms with Gasteiger partial charge in [-0.1, -0.05) is 12.2 Å². The molecule has 4 nitrogen and oxygen atoms in total. The lowest BCUT2D eigenvalue weighted by Gasteiger charge is -2.09. The monoisotopic (exact) mass is 292 g/mol. The Bertz CT molecular complexity index is 460. The SMILES string of the molecule is NC(=S)CCNC(=O)c1ccc(OC(F)(F)F)cc1. The first-order valence-electron chi connectivity index (χ1n) is 5.20. The van der Waals surface area contributed by atoms with Crippen molar-refractivity contribution in [3.05, 3.63) is 29.8 Å². The Hall–Kier alpha value is -1.83. The second-order valence-corrected chi connectivity index (χ2v) is 4.07. The maximum absolute atomic E-state index is 11.9. The lowest BCUT2D eigenvalue weighted by Crippen LogP contribution is -2.27. The highest BCUT2D eigenvalue weighted by Crippen LogP contribution is 2.22. The van der Waals surface area contributed by atoms with E-state index in [-0.39, 0.29) is 22.8 Å². The lowest BCUT2D eigenvalue weighted by molar-refractivity contribution is -0.274. The van der Waals surface area contributed by atoms with Gasteiger partial charge in [-0.25, -0.2) is 0 Å². The van der Waals surface area contributed by atoms with Crippen molar-refractivity contribution >= 4 is 23.1 Å². The molecule has 0 aromatic heterocycles. The third kappa shape index (κ3) is 6.05. The number of carbonyl (C=O) groups is 1. The van der Waals surface area contributed by atoms with E-state index in [0.29, 0.717) is 6.42 Å². The van der Waals surface area contributed by atoms with Crippen molar-refractivity contribution in [3.8, 4) is 5.75 Å². The summed E-state index contributed by atoms with van der Waals surface area (Å²) >= 11 is 4.64. The number of alkyl halides is 3. The number of hydrogen-bond donors (Lipinski definition) is 2. The molecule has 0 heterocycles. The van der Waals surface area contributed by atoms with E-state index in [0.717, 1.165) is 12.1 Å². The Morgan fingerprint density at radius 2 is 1.89 bits per heavy atom. The summed E-state index contributed by atoms with van der Waals surface area (Å²) in [4.78, 5) is 11.8. The largest absolute Gasteiger partial charge is 0.573 e. The van der Waals surface area contributed by atoms with Crippen LogP contribution in [0.2, 0.25) is 0 Å². The average molecular weight is 292 g/mol. The third-order valence-electron chi connectivity index (χ3n) is 2.01. The Balaban J connectivity index is 2.56. The van der Waals surface area contributed by atoms with Crippen LogP contribution in [0, 0.1) is 0 Å². The van der Waals surface area contributed by atoms with E-state index < -0.39 is 12.3 Å². The van der Waals surface area contributed by atoms with Gasteiger partial charge < -0.3 is 15.8 Å². The highest BCUT2D eigenvalue weighted by molar-refractivity contribution is 7.80. The highest BCUT2D eigenvalue weighted by atomic mass is 32.1. The van der Waals surface area contributed by atoms with Crippen molar-refractivity contribution in [3.63, 3.8) is 0 Å². The number of nitrogens with two attached hydrogens (primary N) is 1. The van der Waals surface area contributed by atoms with Crippen LogP contribution in [0.25, 0.3) is 0 Å². The fraction of sp³-hybridized carbons (Fsp3) is 0.273. The summed E-state index contributed by atoms with van der Waals surface area (Å²) in [5.74, 6) is -0.804. The fourth-order valence-electron chi connectivity index (χ4n) is 1.21. The number of carbonyl (C=O) groups excluding carboxylic acids is 1. The standard InChI is InChI=1S/C11H11F3N2O2S/c12-11(13,14)18-8-3-1-7(2-4-8)10(17)16-6-5-9(15)19/h1-4H,5-6H2,(H2,15,19)(H,16,17). The number of ether oxygens (including phenoxy) is 1. The lowest BCUT2D eigenvalue weighted by atomic mass is 10.2. The van der Waals surface area contributed by atoms with Crippen LogP contribution in [0.4, 0.5) is 13.2 Å². The summed E-state index contributed by atoms with van der Waals surface area (Å²) < 4.78 is 39.4. The van der Waals surface area contributed by atoms with Crippen LogP contribution in [0.5, 0.6) is 5.75 Å². The normalized spacial score (nSPS) is 10.9. The van der Waals surface area contributed by atoms with Crippen LogP contribution < -0.4 is 15.8 Å². The van der Waals surface area contributed by atoms with E-state index in [1.165, 1.54) is 12.1 Å². The summed E-state index contributed by atoms with van der Waals surface area (Å²) in [6, 6.07) is 4.60. The Morgan fingerprint density at radius 3 is 2.37 bits per heavy atom. The Kier molecular flexibility index (Phi) is 5.11. The molecule has 0 radical (unpaired) electrons. The number of rotatable bonds is 5. The van der Waals surface area contributed by atoms with Gasteiger partial charge in [0.2, 0.25) is 0 Å². The number of benzene rings is 1. The van der Waals surface area contributed by atoms with E-state index in [1.807, 2.05) is 0 Å². The molecular formula is C11H11F3N2O2S. The molecule has 0 saturated heterocycles. The molecule has 104 valence electrons. The van der Waals surface area contributed by atoms with Crippen LogP contribution in [0.3, 0.4) is 0 Å². The number of amides is 1. The average Bonchev–Trinajstić information content (AvgIpc) is 2.27. The second-order valence-electron chi connectivity index (χ2n) is 3.54. The van der Waals surface area contributed by atoms with E-state index in [4.69, 9.17) is 5.73 Å². The fourth-order valence-corrected chi connectivity index (χ4v) is 1.31. The molecule has 8 heteroatoms. The first kappa shape index (κ1) is 15.2. The molecule has 0 unspecified atom stereocenters. The molecular weight excluding hydrogens is 281 g/mol.